The molecule has 4 nitrogen and oxygen atoms in total. The minimum atomic E-state index is -0.368. The molecule has 0 aliphatic heterocycles. The van der Waals surface area contributed by atoms with Crippen molar-refractivity contribution in [1.82, 2.24) is 4.90 Å². The summed E-state index contributed by atoms with van der Waals surface area (Å²) in [4.78, 5) is 13.9. The molecule has 0 unspecified atom stereocenters. The summed E-state index contributed by atoms with van der Waals surface area (Å²) >= 11 is 3.37. The minimum absolute atomic E-state index is 0.185. The van der Waals surface area contributed by atoms with E-state index in [0.29, 0.717) is 18.8 Å². The van der Waals surface area contributed by atoms with Crippen LogP contribution in [0.3, 0.4) is 0 Å². The quantitative estimate of drug-likeness (QED) is 0.775. The predicted octanol–water partition coefficient (Wildman–Crippen LogP) is 3.85. The summed E-state index contributed by atoms with van der Waals surface area (Å²) < 4.78 is 19.9. The standard InChI is InChI=1S/C18H20BrFN2O2/c1-13-3-6-15(20)11-17(13)21-18(23)12-22(2)9-10-24-16-7-4-14(19)5-8-16/h3-8,11H,9-10,12H2,1-2H3,(H,21,23). The molecule has 0 bridgehead atoms. The average Bonchev–Trinajstić information content (AvgIpc) is 2.53. The molecule has 0 atom stereocenters. The smallest absolute Gasteiger partial charge is 0.238 e. The third-order valence-corrected chi connectivity index (χ3v) is 3.97. The van der Waals surface area contributed by atoms with Crippen molar-refractivity contribution in [2.75, 3.05) is 32.1 Å². The summed E-state index contributed by atoms with van der Waals surface area (Å²) in [5.74, 6) is 0.230. The number of likely N-dealkylation sites (N-methyl/N-ethyl adjacent to an activating group) is 1. The highest BCUT2D eigenvalue weighted by molar-refractivity contribution is 9.10. The Morgan fingerprint density at radius 3 is 2.67 bits per heavy atom. The second-order valence-corrected chi connectivity index (χ2v) is 6.46. The Morgan fingerprint density at radius 1 is 1.25 bits per heavy atom. The van der Waals surface area contributed by atoms with Gasteiger partial charge in [-0.15, -0.1) is 0 Å². The molecule has 0 aliphatic carbocycles. The van der Waals surface area contributed by atoms with Crippen LogP contribution in [0.15, 0.2) is 46.9 Å². The average molecular weight is 395 g/mol. The van der Waals surface area contributed by atoms with Crippen LogP contribution in [-0.4, -0.2) is 37.6 Å². The molecular formula is C18H20BrFN2O2. The van der Waals surface area contributed by atoms with Crippen LogP contribution in [0.4, 0.5) is 10.1 Å². The van der Waals surface area contributed by atoms with Gasteiger partial charge in [0.2, 0.25) is 5.91 Å². The molecule has 0 saturated carbocycles. The fourth-order valence-electron chi connectivity index (χ4n) is 2.09. The Morgan fingerprint density at radius 2 is 1.96 bits per heavy atom. The Kier molecular flexibility index (Phi) is 6.75. The summed E-state index contributed by atoms with van der Waals surface area (Å²) in [7, 11) is 1.84. The molecule has 2 rings (SSSR count). The topological polar surface area (TPSA) is 41.6 Å². The Labute approximate surface area is 149 Å². The summed E-state index contributed by atoms with van der Waals surface area (Å²) in [6.07, 6.45) is 0. The lowest BCUT2D eigenvalue weighted by Gasteiger charge is -2.17. The van der Waals surface area contributed by atoms with E-state index < -0.39 is 0 Å². The monoisotopic (exact) mass is 394 g/mol. The summed E-state index contributed by atoms with van der Waals surface area (Å²) in [6, 6.07) is 11.9. The third-order valence-electron chi connectivity index (χ3n) is 3.44. The van der Waals surface area contributed by atoms with Gasteiger partial charge in [0.25, 0.3) is 0 Å². The molecule has 0 saturated heterocycles. The minimum Gasteiger partial charge on any atom is -0.492 e. The van der Waals surface area contributed by atoms with Crippen molar-refractivity contribution in [2.45, 2.75) is 6.92 Å². The molecule has 0 fully saturated rings. The van der Waals surface area contributed by atoms with E-state index in [9.17, 15) is 9.18 Å². The Bertz CT molecular complexity index is 692. The number of carbonyl (C=O) groups is 1. The van der Waals surface area contributed by atoms with Gasteiger partial charge in [0.1, 0.15) is 18.2 Å². The van der Waals surface area contributed by atoms with Crippen LogP contribution >= 0.6 is 15.9 Å². The van der Waals surface area contributed by atoms with E-state index in [1.165, 1.54) is 12.1 Å². The highest BCUT2D eigenvalue weighted by Crippen LogP contribution is 2.16. The van der Waals surface area contributed by atoms with Crippen LogP contribution < -0.4 is 10.1 Å². The van der Waals surface area contributed by atoms with Gasteiger partial charge >= 0.3 is 0 Å². The zero-order valence-corrected chi connectivity index (χ0v) is 15.3. The highest BCUT2D eigenvalue weighted by atomic mass is 79.9. The number of halogens is 2. The van der Waals surface area contributed by atoms with Crippen LogP contribution in [0, 0.1) is 12.7 Å². The van der Waals surface area contributed by atoms with E-state index in [1.54, 1.807) is 6.07 Å². The van der Waals surface area contributed by atoms with Crippen molar-refractivity contribution < 1.29 is 13.9 Å². The van der Waals surface area contributed by atoms with Crippen molar-refractivity contribution in [1.29, 1.82) is 0 Å². The molecule has 0 spiro atoms. The van der Waals surface area contributed by atoms with Crippen LogP contribution in [0.1, 0.15) is 5.56 Å². The van der Waals surface area contributed by atoms with E-state index in [1.807, 2.05) is 43.1 Å². The van der Waals surface area contributed by atoms with E-state index in [0.717, 1.165) is 15.8 Å². The molecule has 0 heterocycles. The van der Waals surface area contributed by atoms with Gasteiger partial charge in [-0.3, -0.25) is 9.69 Å². The van der Waals surface area contributed by atoms with Gasteiger partial charge in [0.15, 0.2) is 0 Å². The molecular weight excluding hydrogens is 375 g/mol. The molecule has 6 heteroatoms. The maximum atomic E-state index is 13.2. The number of hydrogen-bond acceptors (Lipinski definition) is 3. The second-order valence-electron chi connectivity index (χ2n) is 5.55. The predicted molar refractivity (Wildman–Crippen MR) is 96.9 cm³/mol. The second kappa shape index (κ2) is 8.80. The Balaban J connectivity index is 1.75. The van der Waals surface area contributed by atoms with E-state index in [2.05, 4.69) is 21.2 Å². The number of nitrogens with zero attached hydrogens (tertiary/aromatic N) is 1. The Hall–Kier alpha value is -1.92. The summed E-state index contributed by atoms with van der Waals surface area (Å²) in [5.41, 5.74) is 1.32. The van der Waals surface area contributed by atoms with Crippen molar-refractivity contribution >= 4 is 27.5 Å². The number of nitrogens with one attached hydrogen (secondary N) is 1. The lowest BCUT2D eigenvalue weighted by molar-refractivity contribution is -0.117. The molecule has 0 aliphatic rings. The van der Waals surface area contributed by atoms with E-state index in [-0.39, 0.29) is 18.3 Å². The zero-order chi connectivity index (χ0) is 17.5. The van der Waals surface area contributed by atoms with Gasteiger partial charge in [0.05, 0.1) is 6.54 Å². The zero-order valence-electron chi connectivity index (χ0n) is 13.7. The fourth-order valence-corrected chi connectivity index (χ4v) is 2.36. The lowest BCUT2D eigenvalue weighted by Crippen LogP contribution is -2.33. The van der Waals surface area contributed by atoms with Crippen LogP contribution in [0.2, 0.25) is 0 Å². The lowest BCUT2D eigenvalue weighted by atomic mass is 10.2. The first kappa shape index (κ1) is 18.4. The summed E-state index contributed by atoms with van der Waals surface area (Å²) in [5, 5.41) is 2.73. The maximum absolute atomic E-state index is 13.2. The first-order valence-electron chi connectivity index (χ1n) is 7.57. The number of carbonyl (C=O) groups excluding carboxylic acids is 1. The summed E-state index contributed by atoms with van der Waals surface area (Å²) in [6.45, 7) is 3.11. The van der Waals surface area contributed by atoms with Crippen molar-refractivity contribution in [3.63, 3.8) is 0 Å². The first-order valence-corrected chi connectivity index (χ1v) is 8.36. The van der Waals surface area contributed by atoms with Crippen LogP contribution in [0.5, 0.6) is 5.75 Å². The SMILES string of the molecule is Cc1ccc(F)cc1NC(=O)CN(C)CCOc1ccc(Br)cc1. The number of anilines is 1. The van der Waals surface area contributed by atoms with Crippen molar-refractivity contribution in [3.05, 3.63) is 58.3 Å². The number of amides is 1. The van der Waals surface area contributed by atoms with Gasteiger partial charge in [-0.2, -0.15) is 0 Å². The fraction of sp³-hybridized carbons (Fsp3) is 0.278. The molecule has 128 valence electrons. The van der Waals surface area contributed by atoms with Crippen LogP contribution in [-0.2, 0) is 4.79 Å². The van der Waals surface area contributed by atoms with Gasteiger partial charge in [-0.05, 0) is 55.9 Å². The molecule has 1 amide bonds. The molecule has 0 aromatic heterocycles. The largest absolute Gasteiger partial charge is 0.492 e. The number of aryl methyl sites for hydroxylation is 1. The molecule has 24 heavy (non-hydrogen) atoms. The van der Waals surface area contributed by atoms with E-state index in [4.69, 9.17) is 4.74 Å². The maximum Gasteiger partial charge on any atom is 0.238 e. The van der Waals surface area contributed by atoms with Crippen molar-refractivity contribution in [2.24, 2.45) is 0 Å². The molecule has 0 radical (unpaired) electrons. The van der Waals surface area contributed by atoms with Gasteiger partial charge in [-0.25, -0.2) is 4.39 Å². The van der Waals surface area contributed by atoms with Gasteiger partial charge in [0, 0.05) is 16.7 Å². The normalized spacial score (nSPS) is 10.7. The molecule has 1 N–H and O–H groups in total. The number of hydrogen-bond donors (Lipinski definition) is 1. The van der Waals surface area contributed by atoms with Gasteiger partial charge < -0.3 is 10.1 Å². The van der Waals surface area contributed by atoms with Crippen molar-refractivity contribution in [3.8, 4) is 5.75 Å². The third kappa shape index (κ3) is 5.94. The highest BCUT2D eigenvalue weighted by Gasteiger charge is 2.09. The first-order chi connectivity index (χ1) is 11.4. The van der Waals surface area contributed by atoms with E-state index >= 15 is 0 Å². The number of benzene rings is 2. The molecule has 2 aromatic rings. The molecule has 2 aromatic carbocycles. The van der Waals surface area contributed by atoms with Gasteiger partial charge in [-0.1, -0.05) is 22.0 Å². The number of ether oxygens (including phenoxy) is 1. The number of rotatable bonds is 7. The van der Waals surface area contributed by atoms with Crippen LogP contribution in [0.25, 0.3) is 0 Å².